The fraction of sp³-hybridized carbons (Fsp3) is 0.188. The van der Waals surface area contributed by atoms with Gasteiger partial charge in [0.1, 0.15) is 5.88 Å². The lowest BCUT2D eigenvalue weighted by Crippen LogP contribution is -2.23. The smallest absolute Gasteiger partial charge is 0.243 e. The number of nitrogens with one attached hydrogen (secondary N) is 1. The zero-order valence-electron chi connectivity index (χ0n) is 12.8. The first-order valence-corrected chi connectivity index (χ1v) is 8.81. The summed E-state index contributed by atoms with van der Waals surface area (Å²) in [4.78, 5) is 11.6. The number of hydrogen-bond acceptors (Lipinski definition) is 3. The molecule has 0 unspecified atom stereocenters. The molecule has 0 heterocycles. The van der Waals surface area contributed by atoms with Crippen molar-refractivity contribution in [2.45, 2.75) is 4.90 Å². The van der Waals surface area contributed by atoms with Crippen molar-refractivity contribution in [2.24, 2.45) is 0 Å². The number of amides is 1. The number of alkyl halides is 1. The molecule has 122 valence electrons. The summed E-state index contributed by atoms with van der Waals surface area (Å²) in [7, 11) is -0.739. The summed E-state index contributed by atoms with van der Waals surface area (Å²) in [6.07, 6.45) is 0. The summed E-state index contributed by atoms with van der Waals surface area (Å²) in [6.45, 7) is 0. The van der Waals surface area contributed by atoms with E-state index < -0.39 is 15.9 Å². The van der Waals surface area contributed by atoms with Crippen LogP contribution in [0.25, 0.3) is 11.1 Å². The van der Waals surface area contributed by atoms with Gasteiger partial charge in [0.25, 0.3) is 0 Å². The van der Waals surface area contributed by atoms with Crippen molar-refractivity contribution in [2.75, 3.05) is 25.3 Å². The minimum absolute atomic E-state index is 0.126. The zero-order chi connectivity index (χ0) is 17.0. The van der Waals surface area contributed by atoms with E-state index in [1.54, 1.807) is 12.1 Å². The van der Waals surface area contributed by atoms with Crippen molar-refractivity contribution in [3.05, 3.63) is 48.5 Å². The Balaban J connectivity index is 2.61. The van der Waals surface area contributed by atoms with E-state index >= 15 is 0 Å². The van der Waals surface area contributed by atoms with Crippen LogP contribution in [0.3, 0.4) is 0 Å². The highest BCUT2D eigenvalue weighted by atomic mass is 35.5. The maximum atomic E-state index is 12.6. The molecule has 2 aromatic carbocycles. The summed E-state index contributed by atoms with van der Waals surface area (Å²) >= 11 is 5.47. The maximum absolute atomic E-state index is 12.6. The monoisotopic (exact) mass is 352 g/mol. The molecule has 7 heteroatoms. The molecule has 0 bridgehead atoms. The van der Waals surface area contributed by atoms with Crippen molar-refractivity contribution in [3.8, 4) is 11.1 Å². The molecule has 0 saturated carbocycles. The third-order valence-electron chi connectivity index (χ3n) is 3.23. The average molecular weight is 353 g/mol. The molecular weight excluding hydrogens is 336 g/mol. The molecule has 0 spiro atoms. The van der Waals surface area contributed by atoms with Gasteiger partial charge in [-0.1, -0.05) is 36.4 Å². The molecule has 0 radical (unpaired) electrons. The highest BCUT2D eigenvalue weighted by Gasteiger charge is 2.22. The molecule has 2 aromatic rings. The topological polar surface area (TPSA) is 66.5 Å². The fourth-order valence-electron chi connectivity index (χ4n) is 2.06. The lowest BCUT2D eigenvalue weighted by atomic mass is 10.1. The Morgan fingerprint density at radius 2 is 1.78 bits per heavy atom. The molecular formula is C16H17ClN2O3S. The van der Waals surface area contributed by atoms with E-state index in [9.17, 15) is 13.2 Å². The van der Waals surface area contributed by atoms with Crippen LogP contribution in [0.15, 0.2) is 53.4 Å². The van der Waals surface area contributed by atoms with Crippen LogP contribution >= 0.6 is 11.6 Å². The number of nitrogens with zero attached hydrogens (tertiary/aromatic N) is 1. The molecule has 0 atom stereocenters. The van der Waals surface area contributed by atoms with Gasteiger partial charge in [-0.2, -0.15) is 0 Å². The van der Waals surface area contributed by atoms with Gasteiger partial charge >= 0.3 is 0 Å². The Kier molecular flexibility index (Phi) is 5.41. The summed E-state index contributed by atoms with van der Waals surface area (Å²) in [6, 6.07) is 14.0. The number of hydrogen-bond donors (Lipinski definition) is 1. The van der Waals surface area contributed by atoms with Crippen LogP contribution in [-0.2, 0) is 14.8 Å². The van der Waals surface area contributed by atoms with E-state index in [1.165, 1.54) is 20.2 Å². The fourth-order valence-corrected chi connectivity index (χ4v) is 3.26. The first-order valence-electron chi connectivity index (χ1n) is 6.84. The van der Waals surface area contributed by atoms with Crippen LogP contribution in [0.2, 0.25) is 0 Å². The molecule has 5 nitrogen and oxygen atoms in total. The highest BCUT2D eigenvalue weighted by molar-refractivity contribution is 7.89. The Morgan fingerprint density at radius 1 is 1.13 bits per heavy atom. The second-order valence-corrected chi connectivity index (χ2v) is 7.43. The van der Waals surface area contributed by atoms with Gasteiger partial charge in [-0.25, -0.2) is 12.7 Å². The first-order chi connectivity index (χ1) is 10.9. The van der Waals surface area contributed by atoms with Crippen LogP contribution in [0, 0.1) is 0 Å². The molecule has 0 aliphatic rings. The molecule has 0 fully saturated rings. The second kappa shape index (κ2) is 7.12. The van der Waals surface area contributed by atoms with Gasteiger partial charge in [0.2, 0.25) is 15.9 Å². The van der Waals surface area contributed by atoms with E-state index in [-0.39, 0.29) is 10.8 Å². The number of carbonyl (C=O) groups is 1. The third kappa shape index (κ3) is 3.90. The summed E-state index contributed by atoms with van der Waals surface area (Å²) in [5.74, 6) is -0.594. The Morgan fingerprint density at radius 3 is 2.35 bits per heavy atom. The second-order valence-electron chi connectivity index (χ2n) is 5.05. The van der Waals surface area contributed by atoms with Crippen molar-refractivity contribution < 1.29 is 13.2 Å². The van der Waals surface area contributed by atoms with Gasteiger partial charge in [0.15, 0.2) is 0 Å². The van der Waals surface area contributed by atoms with E-state index in [0.29, 0.717) is 11.3 Å². The summed E-state index contributed by atoms with van der Waals surface area (Å²) in [5, 5.41) is 2.57. The van der Waals surface area contributed by atoms with Crippen LogP contribution < -0.4 is 5.32 Å². The Bertz CT molecular complexity index is 805. The first kappa shape index (κ1) is 17.5. The van der Waals surface area contributed by atoms with Crippen molar-refractivity contribution in [1.29, 1.82) is 0 Å². The Labute approximate surface area is 140 Å². The van der Waals surface area contributed by atoms with E-state index in [1.807, 2.05) is 30.3 Å². The lowest BCUT2D eigenvalue weighted by Gasteiger charge is -2.17. The van der Waals surface area contributed by atoms with Crippen LogP contribution in [-0.4, -0.2) is 38.6 Å². The van der Waals surface area contributed by atoms with Gasteiger partial charge in [-0.15, -0.1) is 11.6 Å². The van der Waals surface area contributed by atoms with Gasteiger partial charge in [0.05, 0.1) is 4.90 Å². The van der Waals surface area contributed by atoms with Crippen molar-refractivity contribution >= 4 is 33.2 Å². The standard InChI is InChI=1S/C16H17ClN2O3S/c1-19(2)23(21,22)15-10-13(18-16(20)11-17)8-9-14(15)12-6-4-3-5-7-12/h3-10H,11H2,1-2H3,(H,18,20). The molecule has 1 amide bonds. The number of anilines is 1. The van der Waals surface area contributed by atoms with Gasteiger partial charge in [-0.3, -0.25) is 4.79 Å². The maximum Gasteiger partial charge on any atom is 0.243 e. The van der Waals surface area contributed by atoms with Crippen LogP contribution in [0.1, 0.15) is 0 Å². The number of sulfonamides is 1. The SMILES string of the molecule is CN(C)S(=O)(=O)c1cc(NC(=O)CCl)ccc1-c1ccccc1. The van der Waals surface area contributed by atoms with Crippen molar-refractivity contribution in [3.63, 3.8) is 0 Å². The summed E-state index contributed by atoms with van der Waals surface area (Å²) in [5.41, 5.74) is 1.74. The molecule has 0 aliphatic heterocycles. The predicted octanol–water partition coefficient (Wildman–Crippen LogP) is 2.78. The van der Waals surface area contributed by atoms with E-state index in [0.717, 1.165) is 9.87 Å². The largest absolute Gasteiger partial charge is 0.325 e. The highest BCUT2D eigenvalue weighted by Crippen LogP contribution is 2.31. The summed E-state index contributed by atoms with van der Waals surface area (Å²) < 4.78 is 26.4. The zero-order valence-corrected chi connectivity index (χ0v) is 14.4. The van der Waals surface area contributed by atoms with Gasteiger partial charge in [-0.05, 0) is 17.7 Å². The molecule has 23 heavy (non-hydrogen) atoms. The average Bonchev–Trinajstić information content (AvgIpc) is 2.55. The predicted molar refractivity (Wildman–Crippen MR) is 92.1 cm³/mol. The number of benzene rings is 2. The number of carbonyl (C=O) groups excluding carboxylic acids is 1. The molecule has 2 rings (SSSR count). The molecule has 0 saturated heterocycles. The van der Waals surface area contributed by atoms with E-state index in [4.69, 9.17) is 11.6 Å². The van der Waals surface area contributed by atoms with Crippen LogP contribution in [0.4, 0.5) is 5.69 Å². The van der Waals surface area contributed by atoms with Gasteiger partial charge in [0, 0.05) is 25.3 Å². The minimum atomic E-state index is -3.67. The minimum Gasteiger partial charge on any atom is -0.325 e. The quantitative estimate of drug-likeness (QED) is 0.841. The third-order valence-corrected chi connectivity index (χ3v) is 5.33. The molecule has 1 N–H and O–H groups in total. The molecule has 0 aromatic heterocycles. The van der Waals surface area contributed by atoms with E-state index in [2.05, 4.69) is 5.32 Å². The number of rotatable bonds is 5. The Hall–Kier alpha value is -1.89. The van der Waals surface area contributed by atoms with Gasteiger partial charge < -0.3 is 5.32 Å². The molecule has 0 aliphatic carbocycles. The normalized spacial score (nSPS) is 11.5. The lowest BCUT2D eigenvalue weighted by molar-refractivity contribution is -0.113. The number of halogens is 1. The van der Waals surface area contributed by atoms with Crippen LogP contribution in [0.5, 0.6) is 0 Å². The van der Waals surface area contributed by atoms with Crippen molar-refractivity contribution in [1.82, 2.24) is 4.31 Å².